The van der Waals surface area contributed by atoms with E-state index in [0.29, 0.717) is 0 Å². The molecule has 2 N–H and O–H groups in total. The van der Waals surface area contributed by atoms with Gasteiger partial charge in [-0.3, -0.25) is 0 Å². The molecule has 0 aromatic carbocycles. The first-order chi connectivity index (χ1) is 7.54. The lowest BCUT2D eigenvalue weighted by Gasteiger charge is -2.19. The Morgan fingerprint density at radius 3 is 2.81 bits per heavy atom. The number of rotatable bonds is 3. The topological polar surface area (TPSA) is 53.6 Å². The summed E-state index contributed by atoms with van der Waals surface area (Å²) in [5, 5.41) is 5.39. The molecule has 0 bridgehead atoms. The maximum absolute atomic E-state index is 4.31. The Balaban J connectivity index is 2.03. The number of hydrogen-bond donors (Lipinski definition) is 2. The quantitative estimate of drug-likeness (QED) is 0.860. The minimum absolute atomic E-state index is 0.117. The third-order valence-corrected chi connectivity index (χ3v) is 2.70. The highest BCUT2D eigenvalue weighted by molar-refractivity contribution is 7.07. The van der Waals surface area contributed by atoms with E-state index in [2.05, 4.69) is 41.0 Å². The largest absolute Gasteiger partial charge is 0.339 e. The molecule has 0 aliphatic heterocycles. The Kier molecular flexibility index (Phi) is 3.07. The lowest BCUT2D eigenvalue weighted by Crippen LogP contribution is -2.35. The van der Waals surface area contributed by atoms with Gasteiger partial charge in [0.2, 0.25) is 0 Å². The number of hydrogen-bond acceptors (Lipinski definition) is 4. The van der Waals surface area contributed by atoms with Gasteiger partial charge in [-0.2, -0.15) is 0 Å². The number of aromatic amines is 1. The Morgan fingerprint density at radius 1 is 1.38 bits per heavy atom. The number of imidazole rings is 1. The van der Waals surface area contributed by atoms with E-state index in [1.54, 1.807) is 11.3 Å². The summed E-state index contributed by atoms with van der Waals surface area (Å²) < 4.78 is 0. The van der Waals surface area contributed by atoms with Gasteiger partial charge in [0, 0.05) is 23.2 Å². The number of nitrogens with one attached hydrogen (secondary N) is 2. The van der Waals surface area contributed by atoms with Crippen LogP contribution in [0.1, 0.15) is 26.5 Å². The summed E-state index contributed by atoms with van der Waals surface area (Å²) in [5.41, 5.74) is 3.92. The van der Waals surface area contributed by atoms with Crippen molar-refractivity contribution >= 4 is 11.3 Å². The zero-order chi connectivity index (χ0) is 11.6. The van der Waals surface area contributed by atoms with Gasteiger partial charge in [-0.25, -0.2) is 9.97 Å². The van der Waals surface area contributed by atoms with Crippen molar-refractivity contribution in [3.63, 3.8) is 0 Å². The maximum atomic E-state index is 4.31. The van der Waals surface area contributed by atoms with Crippen LogP contribution in [0, 0.1) is 0 Å². The van der Waals surface area contributed by atoms with Crippen LogP contribution in [0.5, 0.6) is 0 Å². The molecule has 0 radical (unpaired) electrons. The fourth-order valence-corrected chi connectivity index (χ4v) is 1.81. The molecule has 0 atom stereocenters. The molecule has 2 aromatic heterocycles. The Bertz CT molecular complexity index is 439. The van der Waals surface area contributed by atoms with Gasteiger partial charge in [-0.1, -0.05) is 0 Å². The van der Waals surface area contributed by atoms with E-state index >= 15 is 0 Å². The second kappa shape index (κ2) is 4.35. The fraction of sp³-hybridized carbons (Fsp3) is 0.455. The monoisotopic (exact) mass is 236 g/mol. The van der Waals surface area contributed by atoms with Crippen LogP contribution in [0.15, 0.2) is 17.1 Å². The Labute approximate surface area is 99.2 Å². The van der Waals surface area contributed by atoms with Crippen LogP contribution < -0.4 is 5.32 Å². The van der Waals surface area contributed by atoms with Crippen molar-refractivity contribution < 1.29 is 0 Å². The minimum atomic E-state index is 0.117. The van der Waals surface area contributed by atoms with Gasteiger partial charge in [0.25, 0.3) is 0 Å². The van der Waals surface area contributed by atoms with Crippen molar-refractivity contribution in [2.24, 2.45) is 0 Å². The predicted octanol–water partition coefficient (Wildman–Crippen LogP) is 2.42. The highest BCUT2D eigenvalue weighted by atomic mass is 32.1. The van der Waals surface area contributed by atoms with Gasteiger partial charge in [-0.15, -0.1) is 11.3 Å². The number of H-pyrrole nitrogens is 1. The molecule has 0 unspecified atom stereocenters. The van der Waals surface area contributed by atoms with Crippen molar-refractivity contribution in [1.29, 1.82) is 0 Å². The van der Waals surface area contributed by atoms with Gasteiger partial charge >= 0.3 is 0 Å². The summed E-state index contributed by atoms with van der Waals surface area (Å²) in [6.07, 6.45) is 1.85. The maximum Gasteiger partial charge on any atom is 0.157 e. The van der Waals surface area contributed by atoms with E-state index in [0.717, 1.165) is 23.8 Å². The van der Waals surface area contributed by atoms with Gasteiger partial charge in [0.15, 0.2) is 5.82 Å². The molecule has 86 valence electrons. The van der Waals surface area contributed by atoms with Crippen LogP contribution in [0.25, 0.3) is 11.5 Å². The van der Waals surface area contributed by atoms with Gasteiger partial charge in [0.05, 0.1) is 11.7 Å². The zero-order valence-electron chi connectivity index (χ0n) is 9.74. The average molecular weight is 236 g/mol. The summed E-state index contributed by atoms with van der Waals surface area (Å²) >= 11 is 1.57. The minimum Gasteiger partial charge on any atom is -0.339 e. The molecular weight excluding hydrogens is 220 g/mol. The molecule has 0 saturated carbocycles. The van der Waals surface area contributed by atoms with E-state index in [1.807, 2.05) is 17.1 Å². The first-order valence-corrected chi connectivity index (χ1v) is 6.16. The van der Waals surface area contributed by atoms with E-state index in [1.165, 1.54) is 0 Å². The van der Waals surface area contributed by atoms with Crippen molar-refractivity contribution in [3.8, 4) is 11.5 Å². The molecule has 16 heavy (non-hydrogen) atoms. The van der Waals surface area contributed by atoms with E-state index in [9.17, 15) is 0 Å². The third kappa shape index (κ3) is 2.90. The van der Waals surface area contributed by atoms with Crippen molar-refractivity contribution in [2.75, 3.05) is 0 Å². The predicted molar refractivity (Wildman–Crippen MR) is 66.3 cm³/mol. The molecule has 0 aliphatic carbocycles. The average Bonchev–Trinajstić information content (AvgIpc) is 2.84. The summed E-state index contributed by atoms with van der Waals surface area (Å²) in [5.74, 6) is 0.840. The lowest BCUT2D eigenvalue weighted by atomic mass is 10.1. The van der Waals surface area contributed by atoms with E-state index < -0.39 is 0 Å². The Hall–Kier alpha value is -1.20. The van der Waals surface area contributed by atoms with Crippen LogP contribution in [0.3, 0.4) is 0 Å². The highest BCUT2D eigenvalue weighted by Crippen LogP contribution is 2.15. The van der Waals surface area contributed by atoms with Crippen LogP contribution in [-0.2, 0) is 6.54 Å². The highest BCUT2D eigenvalue weighted by Gasteiger charge is 2.10. The summed E-state index contributed by atoms with van der Waals surface area (Å²) in [6.45, 7) is 7.22. The molecular formula is C11H16N4S. The van der Waals surface area contributed by atoms with Crippen molar-refractivity contribution in [2.45, 2.75) is 32.9 Å². The van der Waals surface area contributed by atoms with Gasteiger partial charge in [-0.05, 0) is 20.8 Å². The van der Waals surface area contributed by atoms with Crippen LogP contribution >= 0.6 is 11.3 Å². The fourth-order valence-electron chi connectivity index (χ4n) is 1.27. The second-order valence-electron chi connectivity index (χ2n) is 4.73. The first kappa shape index (κ1) is 11.3. The number of aromatic nitrogens is 3. The molecule has 0 spiro atoms. The molecule has 0 fully saturated rings. The van der Waals surface area contributed by atoms with Crippen LogP contribution in [0.4, 0.5) is 0 Å². The second-order valence-corrected chi connectivity index (χ2v) is 5.45. The summed E-state index contributed by atoms with van der Waals surface area (Å²) in [7, 11) is 0. The molecule has 4 nitrogen and oxygen atoms in total. The number of nitrogens with zero attached hydrogens (tertiary/aromatic N) is 2. The van der Waals surface area contributed by atoms with E-state index in [4.69, 9.17) is 0 Å². The number of thiazole rings is 1. The molecule has 2 heterocycles. The first-order valence-electron chi connectivity index (χ1n) is 5.22. The van der Waals surface area contributed by atoms with Crippen LogP contribution in [0.2, 0.25) is 0 Å². The smallest absolute Gasteiger partial charge is 0.157 e. The van der Waals surface area contributed by atoms with Gasteiger partial charge < -0.3 is 10.3 Å². The molecule has 0 amide bonds. The Morgan fingerprint density at radius 2 is 2.19 bits per heavy atom. The molecule has 0 aliphatic rings. The normalized spacial score (nSPS) is 11.9. The molecule has 2 rings (SSSR count). The molecule has 5 heteroatoms. The summed E-state index contributed by atoms with van der Waals surface area (Å²) in [4.78, 5) is 11.8. The third-order valence-electron chi connectivity index (χ3n) is 2.11. The van der Waals surface area contributed by atoms with Gasteiger partial charge in [0.1, 0.15) is 5.69 Å². The zero-order valence-corrected chi connectivity index (χ0v) is 10.6. The lowest BCUT2D eigenvalue weighted by molar-refractivity contribution is 0.422. The molecule has 2 aromatic rings. The SMILES string of the molecule is CC(C)(C)NCc1cnc(-c2cscn2)[nH]1. The van der Waals surface area contributed by atoms with E-state index in [-0.39, 0.29) is 5.54 Å². The standard InChI is InChI=1S/C11H16N4S/c1-11(2,3)14-5-8-4-12-10(15-8)9-6-16-7-13-9/h4,6-7,14H,5H2,1-3H3,(H,12,15). The summed E-state index contributed by atoms with van der Waals surface area (Å²) in [6, 6.07) is 0. The van der Waals surface area contributed by atoms with Crippen LogP contribution in [-0.4, -0.2) is 20.5 Å². The molecule has 0 saturated heterocycles. The van der Waals surface area contributed by atoms with Crippen molar-refractivity contribution in [3.05, 3.63) is 22.8 Å². The van der Waals surface area contributed by atoms with Crippen molar-refractivity contribution in [1.82, 2.24) is 20.3 Å².